The third-order valence-corrected chi connectivity index (χ3v) is 3.23. The molecular formula is C14H10ClN3O4. The highest BCUT2D eigenvalue weighted by Crippen LogP contribution is 2.26. The van der Waals surface area contributed by atoms with Crippen LogP contribution in [0.15, 0.2) is 41.4 Å². The third-order valence-electron chi connectivity index (χ3n) is 2.91. The maximum Gasteiger partial charge on any atom is 0.288 e. The molecule has 0 atom stereocenters. The van der Waals surface area contributed by atoms with E-state index in [2.05, 4.69) is 4.99 Å². The van der Waals surface area contributed by atoms with Crippen LogP contribution in [0.3, 0.4) is 0 Å². The van der Waals surface area contributed by atoms with Gasteiger partial charge in [-0.1, -0.05) is 17.7 Å². The van der Waals surface area contributed by atoms with Gasteiger partial charge in [0.15, 0.2) is 0 Å². The van der Waals surface area contributed by atoms with Gasteiger partial charge in [0.2, 0.25) is 0 Å². The molecule has 2 rings (SSSR count). The number of hydrogen-bond donors (Lipinski definition) is 0. The summed E-state index contributed by atoms with van der Waals surface area (Å²) >= 11 is 5.73. The summed E-state index contributed by atoms with van der Waals surface area (Å²) in [5.74, 6) is 0. The van der Waals surface area contributed by atoms with Crippen LogP contribution >= 0.6 is 11.6 Å². The zero-order valence-electron chi connectivity index (χ0n) is 11.4. The summed E-state index contributed by atoms with van der Waals surface area (Å²) in [6.07, 6.45) is 1.44. The molecule has 2 aromatic carbocycles. The molecule has 0 bridgehead atoms. The van der Waals surface area contributed by atoms with Gasteiger partial charge in [-0.05, 0) is 30.2 Å². The molecular weight excluding hydrogens is 310 g/mol. The number of nitro groups is 2. The summed E-state index contributed by atoms with van der Waals surface area (Å²) in [7, 11) is 0. The molecule has 22 heavy (non-hydrogen) atoms. The SMILES string of the molecule is Cc1cc([N+](=O)[O-])ccc1N=Cc1ccc(Cl)c([N+](=O)[O-])c1. The minimum Gasteiger partial charge on any atom is -0.258 e. The molecule has 0 spiro atoms. The van der Waals surface area contributed by atoms with E-state index in [-0.39, 0.29) is 16.4 Å². The Morgan fingerprint density at radius 3 is 2.41 bits per heavy atom. The van der Waals surface area contributed by atoms with Crippen LogP contribution in [0.2, 0.25) is 5.02 Å². The molecule has 0 heterocycles. The first-order chi connectivity index (χ1) is 10.4. The first-order valence-electron chi connectivity index (χ1n) is 6.11. The van der Waals surface area contributed by atoms with E-state index in [1.807, 2.05) is 0 Å². The van der Waals surface area contributed by atoms with Crippen LogP contribution in [0.1, 0.15) is 11.1 Å². The molecule has 8 heteroatoms. The van der Waals surface area contributed by atoms with Crippen molar-refractivity contribution < 1.29 is 9.85 Å². The highest BCUT2D eigenvalue weighted by molar-refractivity contribution is 6.32. The van der Waals surface area contributed by atoms with Crippen molar-refractivity contribution in [2.45, 2.75) is 6.92 Å². The maximum absolute atomic E-state index is 10.8. The van der Waals surface area contributed by atoms with Crippen molar-refractivity contribution in [3.63, 3.8) is 0 Å². The minimum absolute atomic E-state index is 0.0152. The minimum atomic E-state index is -0.573. The lowest BCUT2D eigenvalue weighted by Crippen LogP contribution is -1.91. The Labute approximate surface area is 130 Å². The number of benzene rings is 2. The van der Waals surface area contributed by atoms with E-state index < -0.39 is 9.85 Å². The highest BCUT2D eigenvalue weighted by atomic mass is 35.5. The number of nitrogens with zero attached hydrogens (tertiary/aromatic N) is 3. The molecule has 0 fully saturated rings. The molecule has 0 amide bonds. The first kappa shape index (κ1) is 15.6. The molecule has 7 nitrogen and oxygen atoms in total. The van der Waals surface area contributed by atoms with Gasteiger partial charge < -0.3 is 0 Å². The quantitative estimate of drug-likeness (QED) is 0.478. The van der Waals surface area contributed by atoms with Crippen LogP contribution in [0, 0.1) is 27.2 Å². The fraction of sp³-hybridized carbons (Fsp3) is 0.0714. The molecule has 0 saturated heterocycles. The van der Waals surface area contributed by atoms with E-state index in [1.165, 1.54) is 36.5 Å². The Balaban J connectivity index is 2.31. The van der Waals surface area contributed by atoms with Gasteiger partial charge >= 0.3 is 0 Å². The molecule has 0 aromatic heterocycles. The second kappa shape index (κ2) is 6.31. The van der Waals surface area contributed by atoms with Crippen LogP contribution in [-0.4, -0.2) is 16.1 Å². The maximum atomic E-state index is 10.8. The van der Waals surface area contributed by atoms with E-state index in [9.17, 15) is 20.2 Å². The predicted octanol–water partition coefficient (Wildman–Crippen LogP) is 4.22. The van der Waals surface area contributed by atoms with Crippen molar-refractivity contribution >= 4 is 34.9 Å². The molecule has 0 radical (unpaired) electrons. The number of non-ortho nitro benzene ring substituents is 1. The van der Waals surface area contributed by atoms with Gasteiger partial charge in [0.25, 0.3) is 11.4 Å². The zero-order chi connectivity index (χ0) is 16.3. The van der Waals surface area contributed by atoms with E-state index in [1.54, 1.807) is 13.0 Å². The standard InChI is InChI=1S/C14H10ClN3O4/c1-9-6-11(17(19)20)3-5-13(9)16-8-10-2-4-12(15)14(7-10)18(21)22/h2-8H,1H3. The Kier molecular flexibility index (Phi) is 4.47. The van der Waals surface area contributed by atoms with E-state index >= 15 is 0 Å². The van der Waals surface area contributed by atoms with E-state index in [0.717, 1.165) is 0 Å². The van der Waals surface area contributed by atoms with Crippen LogP contribution in [0.4, 0.5) is 17.1 Å². The van der Waals surface area contributed by atoms with Crippen LogP contribution in [0.5, 0.6) is 0 Å². The summed E-state index contributed by atoms with van der Waals surface area (Å²) in [5.41, 5.74) is 1.47. The Morgan fingerprint density at radius 2 is 1.82 bits per heavy atom. The molecule has 112 valence electrons. The summed E-state index contributed by atoms with van der Waals surface area (Å²) in [5, 5.41) is 21.5. The van der Waals surface area contributed by atoms with Gasteiger partial charge in [-0.25, -0.2) is 0 Å². The van der Waals surface area contributed by atoms with Crippen LogP contribution < -0.4 is 0 Å². The normalized spacial score (nSPS) is 10.8. The molecule has 0 saturated carbocycles. The van der Waals surface area contributed by atoms with Crippen molar-refractivity contribution in [1.29, 1.82) is 0 Å². The summed E-state index contributed by atoms with van der Waals surface area (Å²) in [6, 6.07) is 8.62. The average Bonchev–Trinajstić information content (AvgIpc) is 2.46. The molecule has 0 unspecified atom stereocenters. The second-order valence-electron chi connectivity index (χ2n) is 4.45. The van der Waals surface area contributed by atoms with Gasteiger partial charge in [0.05, 0.1) is 15.5 Å². The Bertz CT molecular complexity index is 790. The van der Waals surface area contributed by atoms with Crippen molar-refractivity contribution in [3.8, 4) is 0 Å². The van der Waals surface area contributed by atoms with Gasteiger partial charge in [-0.3, -0.25) is 25.2 Å². The molecule has 0 aliphatic rings. The smallest absolute Gasteiger partial charge is 0.258 e. The van der Waals surface area contributed by atoms with Crippen molar-refractivity contribution in [1.82, 2.24) is 0 Å². The lowest BCUT2D eigenvalue weighted by molar-refractivity contribution is -0.385. The van der Waals surface area contributed by atoms with E-state index in [0.29, 0.717) is 16.8 Å². The first-order valence-corrected chi connectivity index (χ1v) is 6.49. The number of aliphatic imine (C=N–C) groups is 1. The number of halogens is 1. The number of nitro benzene ring substituents is 2. The lowest BCUT2D eigenvalue weighted by atomic mass is 10.2. The highest BCUT2D eigenvalue weighted by Gasteiger charge is 2.12. The third kappa shape index (κ3) is 3.44. The molecule has 0 aliphatic carbocycles. The van der Waals surface area contributed by atoms with Crippen molar-refractivity contribution in [3.05, 3.63) is 72.8 Å². The zero-order valence-corrected chi connectivity index (χ0v) is 12.1. The van der Waals surface area contributed by atoms with Gasteiger partial charge in [-0.2, -0.15) is 0 Å². The second-order valence-corrected chi connectivity index (χ2v) is 4.86. The average molecular weight is 320 g/mol. The molecule has 0 N–H and O–H groups in total. The van der Waals surface area contributed by atoms with E-state index in [4.69, 9.17) is 11.6 Å². The summed E-state index contributed by atoms with van der Waals surface area (Å²) in [4.78, 5) is 24.6. The number of rotatable bonds is 4. The molecule has 2 aromatic rings. The topological polar surface area (TPSA) is 98.6 Å². The Morgan fingerprint density at radius 1 is 1.09 bits per heavy atom. The fourth-order valence-electron chi connectivity index (χ4n) is 1.79. The predicted molar refractivity (Wildman–Crippen MR) is 83.2 cm³/mol. The number of aryl methyl sites for hydroxylation is 1. The lowest BCUT2D eigenvalue weighted by Gasteiger charge is -2.00. The summed E-state index contributed by atoms with van der Waals surface area (Å²) < 4.78 is 0. The summed E-state index contributed by atoms with van der Waals surface area (Å²) in [6.45, 7) is 1.70. The molecule has 0 aliphatic heterocycles. The van der Waals surface area contributed by atoms with Crippen LogP contribution in [-0.2, 0) is 0 Å². The fourth-order valence-corrected chi connectivity index (χ4v) is 1.98. The largest absolute Gasteiger partial charge is 0.288 e. The van der Waals surface area contributed by atoms with Crippen LogP contribution in [0.25, 0.3) is 0 Å². The van der Waals surface area contributed by atoms with Gasteiger partial charge in [0, 0.05) is 24.4 Å². The Hall–Kier alpha value is -2.80. The van der Waals surface area contributed by atoms with Gasteiger partial charge in [-0.15, -0.1) is 0 Å². The van der Waals surface area contributed by atoms with Gasteiger partial charge in [0.1, 0.15) is 5.02 Å². The van der Waals surface area contributed by atoms with Crippen molar-refractivity contribution in [2.75, 3.05) is 0 Å². The monoisotopic (exact) mass is 319 g/mol. The number of hydrogen-bond acceptors (Lipinski definition) is 5. The van der Waals surface area contributed by atoms with Crippen molar-refractivity contribution in [2.24, 2.45) is 4.99 Å².